The van der Waals surface area contributed by atoms with Crippen LogP contribution in [0, 0.1) is 0 Å². The maximum Gasteiger partial charge on any atom is 0.303 e. The van der Waals surface area contributed by atoms with Crippen LogP contribution in [0.15, 0.2) is 29.2 Å². The van der Waals surface area contributed by atoms with Gasteiger partial charge in [-0.2, -0.15) is 0 Å². The fourth-order valence-electron chi connectivity index (χ4n) is 2.24. The van der Waals surface area contributed by atoms with Crippen LogP contribution in [0.5, 0.6) is 0 Å². The van der Waals surface area contributed by atoms with Gasteiger partial charge in [-0.1, -0.05) is 12.1 Å². The highest BCUT2D eigenvalue weighted by atomic mass is 32.2. The van der Waals surface area contributed by atoms with E-state index in [2.05, 4.69) is 4.72 Å². The summed E-state index contributed by atoms with van der Waals surface area (Å²) in [5.41, 5.74) is 0.800. The van der Waals surface area contributed by atoms with Crippen LogP contribution in [0.4, 0.5) is 0 Å². The summed E-state index contributed by atoms with van der Waals surface area (Å²) in [5, 5.41) is 8.63. The van der Waals surface area contributed by atoms with Gasteiger partial charge in [-0.15, -0.1) is 0 Å². The molecule has 0 aliphatic carbocycles. The Hall–Kier alpha value is -1.44. The summed E-state index contributed by atoms with van der Waals surface area (Å²) in [4.78, 5) is 10.7. The Kier molecular flexibility index (Phi) is 4.97. The number of sulfonamides is 1. The molecule has 1 aliphatic rings. The third kappa shape index (κ3) is 4.26. The van der Waals surface area contributed by atoms with Crippen molar-refractivity contribution in [3.63, 3.8) is 0 Å². The Morgan fingerprint density at radius 2 is 2.05 bits per heavy atom. The smallest absolute Gasteiger partial charge is 0.303 e. The lowest BCUT2D eigenvalue weighted by molar-refractivity contribution is -0.136. The lowest BCUT2D eigenvalue weighted by atomic mass is 10.1. The Morgan fingerprint density at radius 1 is 1.38 bits per heavy atom. The van der Waals surface area contributed by atoms with Gasteiger partial charge in [0.15, 0.2) is 0 Å². The van der Waals surface area contributed by atoms with Gasteiger partial charge in [-0.25, -0.2) is 13.1 Å². The lowest BCUT2D eigenvalue weighted by Crippen LogP contribution is -2.39. The Morgan fingerprint density at radius 3 is 2.57 bits per heavy atom. The maximum atomic E-state index is 12.3. The van der Waals surface area contributed by atoms with Crippen LogP contribution in [0.25, 0.3) is 0 Å². The molecule has 0 bridgehead atoms. The number of carbonyl (C=O) groups is 1. The van der Waals surface area contributed by atoms with Crippen molar-refractivity contribution in [2.24, 2.45) is 0 Å². The molecule has 0 amide bonds. The van der Waals surface area contributed by atoms with Gasteiger partial charge in [0.25, 0.3) is 0 Å². The van der Waals surface area contributed by atoms with E-state index in [-0.39, 0.29) is 23.5 Å². The molecule has 21 heavy (non-hydrogen) atoms. The molecular weight excluding hydrogens is 294 g/mol. The largest absolute Gasteiger partial charge is 0.481 e. The topological polar surface area (TPSA) is 92.7 Å². The van der Waals surface area contributed by atoms with Gasteiger partial charge in [0, 0.05) is 13.0 Å². The molecule has 116 valence electrons. The van der Waals surface area contributed by atoms with Crippen molar-refractivity contribution in [3.05, 3.63) is 29.8 Å². The highest BCUT2D eigenvalue weighted by Crippen LogP contribution is 2.17. The molecule has 1 aliphatic heterocycles. The first-order valence-electron chi connectivity index (χ1n) is 6.83. The van der Waals surface area contributed by atoms with E-state index in [0.717, 1.165) is 5.56 Å². The van der Waals surface area contributed by atoms with Crippen LogP contribution < -0.4 is 4.72 Å². The molecule has 1 saturated heterocycles. The van der Waals surface area contributed by atoms with Gasteiger partial charge in [-0.3, -0.25) is 4.79 Å². The molecule has 2 atom stereocenters. The number of nitrogens with one attached hydrogen (secondary N) is 1. The summed E-state index contributed by atoms with van der Waals surface area (Å²) in [6.45, 7) is 2.40. The maximum absolute atomic E-state index is 12.3. The Labute approximate surface area is 124 Å². The van der Waals surface area contributed by atoms with Crippen LogP contribution in [-0.4, -0.2) is 38.2 Å². The van der Waals surface area contributed by atoms with Crippen molar-refractivity contribution < 1.29 is 23.1 Å². The van der Waals surface area contributed by atoms with Crippen LogP contribution in [0.2, 0.25) is 0 Å². The molecular formula is C14H19NO5S. The monoisotopic (exact) mass is 313 g/mol. The number of carboxylic acid groups (broad SMARTS) is 1. The van der Waals surface area contributed by atoms with Gasteiger partial charge < -0.3 is 9.84 Å². The average Bonchev–Trinajstić information content (AvgIpc) is 2.82. The van der Waals surface area contributed by atoms with E-state index < -0.39 is 16.0 Å². The van der Waals surface area contributed by atoms with Crippen molar-refractivity contribution in [1.29, 1.82) is 0 Å². The molecule has 6 nitrogen and oxygen atoms in total. The molecule has 2 unspecified atom stereocenters. The predicted octanol–water partition coefficient (Wildman–Crippen LogP) is 1.16. The number of rotatable bonds is 6. The minimum Gasteiger partial charge on any atom is -0.481 e. The summed E-state index contributed by atoms with van der Waals surface area (Å²) in [6, 6.07) is 6.08. The van der Waals surface area contributed by atoms with Gasteiger partial charge in [-0.05, 0) is 37.5 Å². The van der Waals surface area contributed by atoms with E-state index in [9.17, 15) is 13.2 Å². The minimum atomic E-state index is -3.57. The number of aliphatic carboxylic acids is 1. The molecule has 7 heteroatoms. The van der Waals surface area contributed by atoms with Crippen molar-refractivity contribution in [2.45, 2.75) is 43.2 Å². The van der Waals surface area contributed by atoms with Crippen LogP contribution in [-0.2, 0) is 26.0 Å². The zero-order chi connectivity index (χ0) is 15.5. The summed E-state index contributed by atoms with van der Waals surface area (Å²) in [5.74, 6) is -0.872. The zero-order valence-corrected chi connectivity index (χ0v) is 12.6. The quantitative estimate of drug-likeness (QED) is 0.822. The van der Waals surface area contributed by atoms with Gasteiger partial charge in [0.05, 0.1) is 17.0 Å². The summed E-state index contributed by atoms with van der Waals surface area (Å²) in [6.07, 6.45) is 0.948. The van der Waals surface area contributed by atoms with Crippen molar-refractivity contribution in [2.75, 3.05) is 6.61 Å². The highest BCUT2D eigenvalue weighted by Gasteiger charge is 2.29. The number of carboxylic acids is 1. The van der Waals surface area contributed by atoms with Crippen molar-refractivity contribution in [1.82, 2.24) is 4.72 Å². The van der Waals surface area contributed by atoms with Gasteiger partial charge in [0.2, 0.25) is 10.0 Å². The number of ether oxygens (including phenoxy) is 1. The fraction of sp³-hybridized carbons (Fsp3) is 0.500. The molecule has 0 radical (unpaired) electrons. The zero-order valence-electron chi connectivity index (χ0n) is 11.8. The Balaban J connectivity index is 2.04. The molecule has 0 aromatic heterocycles. The standard InChI is InChI=1S/C14H19NO5S/c1-10-13(8-9-20-10)15-21(18,19)12-5-2-11(3-6-12)4-7-14(16)17/h2-3,5-6,10,13,15H,4,7-9H2,1H3,(H,16,17). The second kappa shape index (κ2) is 6.55. The first kappa shape index (κ1) is 15.9. The molecule has 2 N–H and O–H groups in total. The third-order valence-corrected chi connectivity index (χ3v) is 5.05. The Bertz CT molecular complexity index is 596. The van der Waals surface area contributed by atoms with Crippen LogP contribution in [0.1, 0.15) is 25.3 Å². The summed E-state index contributed by atoms with van der Waals surface area (Å²) < 4.78 is 32.5. The summed E-state index contributed by atoms with van der Waals surface area (Å²) in [7, 11) is -3.57. The highest BCUT2D eigenvalue weighted by molar-refractivity contribution is 7.89. The molecule has 1 aromatic carbocycles. The third-order valence-electron chi connectivity index (χ3n) is 3.54. The lowest BCUT2D eigenvalue weighted by Gasteiger charge is -2.16. The van der Waals surface area contributed by atoms with Gasteiger partial charge in [0.1, 0.15) is 0 Å². The van der Waals surface area contributed by atoms with Crippen LogP contribution >= 0.6 is 0 Å². The van der Waals surface area contributed by atoms with E-state index in [0.29, 0.717) is 19.4 Å². The van der Waals surface area contributed by atoms with E-state index in [4.69, 9.17) is 9.84 Å². The normalized spacial score (nSPS) is 22.3. The van der Waals surface area contributed by atoms with E-state index in [1.54, 1.807) is 12.1 Å². The summed E-state index contributed by atoms with van der Waals surface area (Å²) >= 11 is 0. The average molecular weight is 313 g/mol. The van der Waals surface area contributed by atoms with E-state index in [1.807, 2.05) is 6.92 Å². The van der Waals surface area contributed by atoms with E-state index >= 15 is 0 Å². The first-order chi connectivity index (χ1) is 9.88. The fourth-order valence-corrected chi connectivity index (χ4v) is 3.58. The second-order valence-electron chi connectivity index (χ2n) is 5.13. The number of hydrogen-bond acceptors (Lipinski definition) is 4. The van der Waals surface area contributed by atoms with E-state index in [1.165, 1.54) is 12.1 Å². The number of aryl methyl sites for hydroxylation is 1. The molecule has 0 spiro atoms. The van der Waals surface area contributed by atoms with Crippen molar-refractivity contribution >= 4 is 16.0 Å². The molecule has 1 heterocycles. The number of hydrogen-bond donors (Lipinski definition) is 2. The molecule has 0 saturated carbocycles. The van der Waals surface area contributed by atoms with Gasteiger partial charge >= 0.3 is 5.97 Å². The SMILES string of the molecule is CC1OCCC1NS(=O)(=O)c1ccc(CCC(=O)O)cc1. The second-order valence-corrected chi connectivity index (χ2v) is 6.84. The predicted molar refractivity (Wildman–Crippen MR) is 76.5 cm³/mol. The molecule has 1 aromatic rings. The molecule has 2 rings (SSSR count). The minimum absolute atomic E-state index is 0.0290. The van der Waals surface area contributed by atoms with Crippen LogP contribution in [0.3, 0.4) is 0 Å². The first-order valence-corrected chi connectivity index (χ1v) is 8.31. The molecule has 1 fully saturated rings. The number of benzene rings is 1. The van der Waals surface area contributed by atoms with Crippen molar-refractivity contribution in [3.8, 4) is 0 Å².